The Labute approximate surface area is 124 Å². The van der Waals surface area contributed by atoms with Gasteiger partial charge in [0.05, 0.1) is 0 Å². The minimum atomic E-state index is -0.379. The number of nitrogens with zero attached hydrogens (tertiary/aromatic N) is 1. The maximum Gasteiger partial charge on any atom is 0.169 e. The number of hydrogen-bond acceptors (Lipinski definition) is 2. The van der Waals surface area contributed by atoms with Crippen LogP contribution in [0.4, 0.5) is 0 Å². The minimum Gasteiger partial charge on any atom is -0.302 e. The van der Waals surface area contributed by atoms with Crippen LogP contribution < -0.4 is 0 Å². The van der Waals surface area contributed by atoms with Gasteiger partial charge < -0.3 is 4.90 Å². The van der Waals surface area contributed by atoms with E-state index in [1.54, 1.807) is 0 Å². The van der Waals surface area contributed by atoms with E-state index in [1.807, 2.05) is 44.2 Å². The van der Waals surface area contributed by atoms with Crippen molar-refractivity contribution < 1.29 is 4.79 Å². The molecule has 0 radical (unpaired) electrons. The summed E-state index contributed by atoms with van der Waals surface area (Å²) < 4.78 is 0. The zero-order valence-corrected chi connectivity index (χ0v) is 14.0. The molecule has 0 bridgehead atoms. The van der Waals surface area contributed by atoms with Crippen molar-refractivity contribution in [3.63, 3.8) is 0 Å². The Balaban J connectivity index is 2.82. The number of benzene rings is 1. The summed E-state index contributed by atoms with van der Waals surface area (Å²) in [7, 11) is 2.11. The van der Waals surface area contributed by atoms with Gasteiger partial charge in [0.25, 0.3) is 0 Å². The third kappa shape index (κ3) is 4.17. The molecule has 1 atom stereocenters. The van der Waals surface area contributed by atoms with Gasteiger partial charge in [0.15, 0.2) is 5.78 Å². The predicted molar refractivity (Wildman–Crippen MR) is 86.1 cm³/mol. The second-order valence-corrected chi connectivity index (χ2v) is 7.54. The lowest BCUT2D eigenvalue weighted by molar-refractivity contribution is 0.0661. The first-order valence-electron chi connectivity index (χ1n) is 7.36. The lowest BCUT2D eigenvalue weighted by Crippen LogP contribution is -2.46. The van der Waals surface area contributed by atoms with Crippen LogP contribution >= 0.6 is 0 Å². The number of rotatable bonds is 5. The molecule has 20 heavy (non-hydrogen) atoms. The van der Waals surface area contributed by atoms with Gasteiger partial charge in [0, 0.05) is 23.6 Å². The molecule has 0 aliphatic rings. The van der Waals surface area contributed by atoms with Crippen LogP contribution in [-0.4, -0.2) is 30.3 Å². The van der Waals surface area contributed by atoms with Gasteiger partial charge >= 0.3 is 0 Å². The predicted octanol–water partition coefficient (Wildman–Crippen LogP) is 4.26. The minimum absolute atomic E-state index is 0.209. The van der Waals surface area contributed by atoms with E-state index in [2.05, 4.69) is 39.6 Å². The summed E-state index contributed by atoms with van der Waals surface area (Å²) in [6.45, 7) is 13.8. The van der Waals surface area contributed by atoms with Crippen molar-refractivity contribution >= 4 is 5.78 Å². The lowest BCUT2D eigenvalue weighted by atomic mass is 9.81. The smallest absolute Gasteiger partial charge is 0.169 e. The Morgan fingerprint density at radius 2 is 1.60 bits per heavy atom. The van der Waals surface area contributed by atoms with Crippen LogP contribution in [0.3, 0.4) is 0 Å². The van der Waals surface area contributed by atoms with E-state index in [1.165, 1.54) is 0 Å². The zero-order chi connectivity index (χ0) is 15.6. The summed E-state index contributed by atoms with van der Waals surface area (Å²) in [5, 5.41) is 0. The molecule has 0 saturated carbocycles. The Morgan fingerprint density at radius 3 is 2.05 bits per heavy atom. The highest BCUT2D eigenvalue weighted by molar-refractivity contribution is 6.00. The van der Waals surface area contributed by atoms with Crippen LogP contribution in [0.5, 0.6) is 0 Å². The van der Waals surface area contributed by atoms with Crippen molar-refractivity contribution in [3.05, 3.63) is 35.9 Å². The van der Waals surface area contributed by atoms with Gasteiger partial charge in [-0.2, -0.15) is 0 Å². The van der Waals surface area contributed by atoms with Crippen LogP contribution in [0, 0.1) is 10.8 Å². The SMILES string of the molecule is CC(N(C)CC(C)(C)C(=O)c1ccccc1)C(C)(C)C. The summed E-state index contributed by atoms with van der Waals surface area (Å²) in [4.78, 5) is 14.9. The molecule has 2 nitrogen and oxygen atoms in total. The van der Waals surface area contributed by atoms with Crippen LogP contribution in [0.1, 0.15) is 51.9 Å². The molecule has 0 aromatic heterocycles. The van der Waals surface area contributed by atoms with E-state index in [-0.39, 0.29) is 16.6 Å². The Morgan fingerprint density at radius 1 is 1.10 bits per heavy atom. The van der Waals surface area contributed by atoms with Crippen molar-refractivity contribution in [1.82, 2.24) is 4.90 Å². The van der Waals surface area contributed by atoms with Crippen molar-refractivity contribution in [2.24, 2.45) is 10.8 Å². The fraction of sp³-hybridized carbons (Fsp3) is 0.611. The fourth-order valence-electron chi connectivity index (χ4n) is 2.47. The molecular weight excluding hydrogens is 246 g/mol. The van der Waals surface area contributed by atoms with Crippen molar-refractivity contribution in [3.8, 4) is 0 Å². The highest BCUT2D eigenvalue weighted by atomic mass is 16.1. The Kier molecular flexibility index (Phi) is 5.15. The number of ketones is 1. The van der Waals surface area contributed by atoms with Gasteiger partial charge in [-0.1, -0.05) is 65.0 Å². The monoisotopic (exact) mass is 275 g/mol. The zero-order valence-electron chi connectivity index (χ0n) is 14.0. The average molecular weight is 275 g/mol. The molecule has 0 saturated heterocycles. The summed E-state index contributed by atoms with van der Waals surface area (Å²) in [5.41, 5.74) is 0.630. The molecule has 1 rings (SSSR count). The van der Waals surface area contributed by atoms with E-state index >= 15 is 0 Å². The molecule has 0 aliphatic heterocycles. The van der Waals surface area contributed by atoms with E-state index in [9.17, 15) is 4.79 Å². The van der Waals surface area contributed by atoms with Crippen LogP contribution in [-0.2, 0) is 0 Å². The number of Topliss-reactive ketones (excluding diaryl/α,β-unsaturated/α-hetero) is 1. The van der Waals surface area contributed by atoms with Gasteiger partial charge in [-0.25, -0.2) is 0 Å². The fourth-order valence-corrected chi connectivity index (χ4v) is 2.47. The van der Waals surface area contributed by atoms with Crippen molar-refractivity contribution in [2.75, 3.05) is 13.6 Å². The standard InChI is InChI=1S/C18H29NO/c1-14(17(2,3)4)19(7)13-18(5,6)16(20)15-11-9-8-10-12-15/h8-12,14H,13H2,1-7H3. The maximum atomic E-state index is 12.6. The largest absolute Gasteiger partial charge is 0.302 e. The third-order valence-corrected chi connectivity index (χ3v) is 4.21. The third-order valence-electron chi connectivity index (χ3n) is 4.21. The maximum absolute atomic E-state index is 12.6. The average Bonchev–Trinajstić information content (AvgIpc) is 2.36. The Hall–Kier alpha value is -1.15. The first kappa shape index (κ1) is 16.9. The molecular formula is C18H29NO. The number of carbonyl (C=O) groups excluding carboxylic acids is 1. The normalized spacial score (nSPS) is 14.4. The van der Waals surface area contributed by atoms with Crippen molar-refractivity contribution in [1.29, 1.82) is 0 Å². The molecule has 0 amide bonds. The summed E-state index contributed by atoms with van der Waals surface area (Å²) in [6, 6.07) is 10.0. The van der Waals surface area contributed by atoms with Gasteiger partial charge in [0.1, 0.15) is 0 Å². The molecule has 0 heterocycles. The molecule has 0 aliphatic carbocycles. The first-order chi connectivity index (χ1) is 9.05. The Bertz CT molecular complexity index is 442. The summed E-state index contributed by atoms with van der Waals surface area (Å²) in [5.74, 6) is 0.214. The highest BCUT2D eigenvalue weighted by Gasteiger charge is 2.33. The second-order valence-electron chi connectivity index (χ2n) is 7.54. The van der Waals surface area contributed by atoms with Gasteiger partial charge in [0.2, 0.25) is 0 Å². The van der Waals surface area contributed by atoms with E-state index < -0.39 is 0 Å². The molecule has 1 aromatic carbocycles. The van der Waals surface area contributed by atoms with E-state index in [0.717, 1.165) is 12.1 Å². The van der Waals surface area contributed by atoms with Crippen molar-refractivity contribution in [2.45, 2.75) is 47.6 Å². The number of hydrogen-bond donors (Lipinski definition) is 0. The van der Waals surface area contributed by atoms with Crippen LogP contribution in [0.25, 0.3) is 0 Å². The van der Waals surface area contributed by atoms with Gasteiger partial charge in [-0.3, -0.25) is 4.79 Å². The highest BCUT2D eigenvalue weighted by Crippen LogP contribution is 2.28. The van der Waals surface area contributed by atoms with Gasteiger partial charge in [-0.05, 0) is 19.4 Å². The molecule has 2 heteroatoms. The first-order valence-corrected chi connectivity index (χ1v) is 7.36. The second kappa shape index (κ2) is 6.09. The summed E-state index contributed by atoms with van der Waals surface area (Å²) >= 11 is 0. The quantitative estimate of drug-likeness (QED) is 0.748. The molecule has 112 valence electrons. The van der Waals surface area contributed by atoms with Crippen LogP contribution in [0.2, 0.25) is 0 Å². The lowest BCUT2D eigenvalue weighted by Gasteiger charge is -2.39. The molecule has 1 aromatic rings. The molecule has 0 fully saturated rings. The molecule has 0 N–H and O–H groups in total. The van der Waals surface area contributed by atoms with Crippen LogP contribution in [0.15, 0.2) is 30.3 Å². The van der Waals surface area contributed by atoms with E-state index in [0.29, 0.717) is 6.04 Å². The molecule has 1 unspecified atom stereocenters. The van der Waals surface area contributed by atoms with E-state index in [4.69, 9.17) is 0 Å². The summed E-state index contributed by atoms with van der Waals surface area (Å²) in [6.07, 6.45) is 0. The van der Waals surface area contributed by atoms with Gasteiger partial charge in [-0.15, -0.1) is 0 Å². The number of carbonyl (C=O) groups is 1. The molecule has 0 spiro atoms. The topological polar surface area (TPSA) is 20.3 Å².